The van der Waals surface area contributed by atoms with Crippen LogP contribution in [0.4, 0.5) is 0 Å². The Labute approximate surface area is 95.6 Å². The van der Waals surface area contributed by atoms with Gasteiger partial charge in [0.05, 0.1) is 5.57 Å². The molecule has 1 aromatic carbocycles. The van der Waals surface area contributed by atoms with Crippen molar-refractivity contribution in [3.63, 3.8) is 0 Å². The maximum absolute atomic E-state index is 11.4. The standard InChI is InChI=1S/C14H16O2/c1-10-6-5-9-12(10)13(14(15)16)11-7-3-2-4-8-11/h2-4,7-8,10H,5-6,9H2,1H3,(H,15,16)/b13-12-. The first kappa shape index (κ1) is 10.9. The van der Waals surface area contributed by atoms with Crippen LogP contribution in [0.1, 0.15) is 31.7 Å². The van der Waals surface area contributed by atoms with Crippen LogP contribution in [0, 0.1) is 5.92 Å². The molecule has 1 unspecified atom stereocenters. The molecule has 1 N–H and O–H groups in total. The molecule has 0 bridgehead atoms. The van der Waals surface area contributed by atoms with E-state index in [1.54, 1.807) is 0 Å². The number of carboxylic acid groups (broad SMARTS) is 1. The van der Waals surface area contributed by atoms with E-state index >= 15 is 0 Å². The van der Waals surface area contributed by atoms with Gasteiger partial charge in [-0.3, -0.25) is 0 Å². The molecular formula is C14H16O2. The molecule has 0 radical (unpaired) electrons. The molecule has 0 aliphatic heterocycles. The van der Waals surface area contributed by atoms with E-state index in [0.29, 0.717) is 11.5 Å². The first-order chi connectivity index (χ1) is 7.70. The van der Waals surface area contributed by atoms with Gasteiger partial charge in [0.15, 0.2) is 0 Å². The summed E-state index contributed by atoms with van der Waals surface area (Å²) in [6.45, 7) is 2.12. The zero-order valence-corrected chi connectivity index (χ0v) is 9.44. The Morgan fingerprint density at radius 2 is 2.00 bits per heavy atom. The highest BCUT2D eigenvalue weighted by atomic mass is 16.4. The molecule has 84 valence electrons. The van der Waals surface area contributed by atoms with E-state index in [1.165, 1.54) is 0 Å². The first-order valence-corrected chi connectivity index (χ1v) is 5.72. The van der Waals surface area contributed by atoms with Crippen LogP contribution in [-0.2, 0) is 4.79 Å². The Hall–Kier alpha value is -1.57. The van der Waals surface area contributed by atoms with Crippen molar-refractivity contribution in [2.24, 2.45) is 5.92 Å². The summed E-state index contributed by atoms with van der Waals surface area (Å²) in [7, 11) is 0. The van der Waals surface area contributed by atoms with E-state index in [1.807, 2.05) is 30.3 Å². The van der Waals surface area contributed by atoms with Crippen LogP contribution in [0.3, 0.4) is 0 Å². The molecule has 1 aliphatic rings. The summed E-state index contributed by atoms with van der Waals surface area (Å²) in [4.78, 5) is 11.4. The SMILES string of the molecule is CC1CCC/C1=C(/C(=O)O)c1ccccc1. The number of carboxylic acids is 1. The molecule has 2 rings (SSSR count). The van der Waals surface area contributed by atoms with Crippen LogP contribution < -0.4 is 0 Å². The van der Waals surface area contributed by atoms with Gasteiger partial charge in [-0.05, 0) is 30.7 Å². The third-order valence-electron chi connectivity index (χ3n) is 3.28. The molecule has 0 heterocycles. The van der Waals surface area contributed by atoms with Crippen LogP contribution >= 0.6 is 0 Å². The minimum atomic E-state index is -0.796. The molecule has 2 heteroatoms. The number of hydrogen-bond donors (Lipinski definition) is 1. The highest BCUT2D eigenvalue weighted by Crippen LogP contribution is 2.36. The van der Waals surface area contributed by atoms with Gasteiger partial charge in [0.2, 0.25) is 0 Å². The van der Waals surface area contributed by atoms with Gasteiger partial charge >= 0.3 is 5.97 Å². The van der Waals surface area contributed by atoms with Crippen molar-refractivity contribution in [3.8, 4) is 0 Å². The number of aliphatic carboxylic acids is 1. The Morgan fingerprint density at radius 1 is 1.31 bits per heavy atom. The topological polar surface area (TPSA) is 37.3 Å². The number of benzene rings is 1. The average Bonchev–Trinajstić information content (AvgIpc) is 2.66. The Kier molecular flexibility index (Phi) is 3.09. The number of carbonyl (C=O) groups is 1. The van der Waals surface area contributed by atoms with Gasteiger partial charge < -0.3 is 5.11 Å². The van der Waals surface area contributed by atoms with E-state index in [9.17, 15) is 9.90 Å². The summed E-state index contributed by atoms with van der Waals surface area (Å²) in [5, 5.41) is 9.35. The second kappa shape index (κ2) is 4.52. The second-order valence-electron chi connectivity index (χ2n) is 4.36. The van der Waals surface area contributed by atoms with Crippen molar-refractivity contribution in [2.45, 2.75) is 26.2 Å². The third kappa shape index (κ3) is 2.01. The summed E-state index contributed by atoms with van der Waals surface area (Å²) in [6.07, 6.45) is 3.15. The molecule has 1 aromatic rings. The van der Waals surface area contributed by atoms with Gasteiger partial charge in [-0.15, -0.1) is 0 Å². The van der Waals surface area contributed by atoms with Gasteiger partial charge in [-0.25, -0.2) is 4.79 Å². The monoisotopic (exact) mass is 216 g/mol. The van der Waals surface area contributed by atoms with E-state index in [2.05, 4.69) is 6.92 Å². The lowest BCUT2D eigenvalue weighted by Gasteiger charge is -2.11. The number of allylic oxidation sites excluding steroid dienone is 1. The minimum absolute atomic E-state index is 0.409. The number of rotatable bonds is 2. The largest absolute Gasteiger partial charge is 0.478 e. The predicted octanol–water partition coefficient (Wildman–Crippen LogP) is 3.34. The molecule has 0 aromatic heterocycles. The maximum Gasteiger partial charge on any atom is 0.336 e. The summed E-state index contributed by atoms with van der Waals surface area (Å²) in [5.41, 5.74) is 2.46. The lowest BCUT2D eigenvalue weighted by Crippen LogP contribution is -2.05. The molecule has 16 heavy (non-hydrogen) atoms. The summed E-state index contributed by atoms with van der Waals surface area (Å²) in [6, 6.07) is 9.44. The van der Waals surface area contributed by atoms with Crippen molar-refractivity contribution in [1.29, 1.82) is 0 Å². The predicted molar refractivity (Wildman–Crippen MR) is 64.0 cm³/mol. The molecular weight excluding hydrogens is 200 g/mol. The van der Waals surface area contributed by atoms with E-state index < -0.39 is 5.97 Å². The van der Waals surface area contributed by atoms with E-state index in [4.69, 9.17) is 0 Å². The quantitative estimate of drug-likeness (QED) is 0.770. The van der Waals surface area contributed by atoms with Crippen LogP contribution in [0.15, 0.2) is 35.9 Å². The van der Waals surface area contributed by atoms with Gasteiger partial charge in [0.1, 0.15) is 0 Å². The fourth-order valence-electron chi connectivity index (χ4n) is 2.44. The summed E-state index contributed by atoms with van der Waals surface area (Å²) < 4.78 is 0. The van der Waals surface area contributed by atoms with E-state index in [0.717, 1.165) is 30.4 Å². The highest BCUT2D eigenvalue weighted by Gasteiger charge is 2.24. The Balaban J connectivity index is 2.50. The lowest BCUT2D eigenvalue weighted by atomic mass is 9.94. The van der Waals surface area contributed by atoms with Crippen LogP contribution in [-0.4, -0.2) is 11.1 Å². The molecule has 1 aliphatic carbocycles. The molecule has 0 saturated heterocycles. The fraction of sp³-hybridized carbons (Fsp3) is 0.357. The molecule has 0 amide bonds. The van der Waals surface area contributed by atoms with Crippen molar-refractivity contribution in [1.82, 2.24) is 0 Å². The summed E-state index contributed by atoms with van der Waals surface area (Å²) in [5.74, 6) is -0.388. The third-order valence-corrected chi connectivity index (χ3v) is 3.28. The van der Waals surface area contributed by atoms with Gasteiger partial charge in [-0.1, -0.05) is 42.8 Å². The van der Waals surface area contributed by atoms with Crippen LogP contribution in [0.5, 0.6) is 0 Å². The fourth-order valence-corrected chi connectivity index (χ4v) is 2.44. The highest BCUT2D eigenvalue weighted by molar-refractivity contribution is 6.16. The second-order valence-corrected chi connectivity index (χ2v) is 4.36. The van der Waals surface area contributed by atoms with Gasteiger partial charge in [0.25, 0.3) is 0 Å². The molecule has 1 atom stereocenters. The van der Waals surface area contributed by atoms with E-state index in [-0.39, 0.29) is 0 Å². The van der Waals surface area contributed by atoms with Crippen molar-refractivity contribution < 1.29 is 9.90 Å². The summed E-state index contributed by atoms with van der Waals surface area (Å²) >= 11 is 0. The zero-order valence-electron chi connectivity index (χ0n) is 9.44. The number of hydrogen-bond acceptors (Lipinski definition) is 1. The van der Waals surface area contributed by atoms with Crippen LogP contribution in [0.2, 0.25) is 0 Å². The molecule has 1 fully saturated rings. The van der Waals surface area contributed by atoms with Crippen molar-refractivity contribution in [2.75, 3.05) is 0 Å². The van der Waals surface area contributed by atoms with Gasteiger partial charge in [0, 0.05) is 0 Å². The smallest absolute Gasteiger partial charge is 0.336 e. The minimum Gasteiger partial charge on any atom is -0.478 e. The van der Waals surface area contributed by atoms with Crippen LogP contribution in [0.25, 0.3) is 5.57 Å². The molecule has 1 saturated carbocycles. The maximum atomic E-state index is 11.4. The van der Waals surface area contributed by atoms with Crippen molar-refractivity contribution in [3.05, 3.63) is 41.5 Å². The Bertz CT molecular complexity index is 418. The first-order valence-electron chi connectivity index (χ1n) is 5.72. The van der Waals surface area contributed by atoms with Gasteiger partial charge in [-0.2, -0.15) is 0 Å². The Morgan fingerprint density at radius 3 is 2.50 bits per heavy atom. The molecule has 2 nitrogen and oxygen atoms in total. The average molecular weight is 216 g/mol. The lowest BCUT2D eigenvalue weighted by molar-refractivity contribution is -0.130. The molecule has 0 spiro atoms. The normalized spacial score (nSPS) is 23.2. The zero-order chi connectivity index (χ0) is 11.5. The van der Waals surface area contributed by atoms with Crippen molar-refractivity contribution >= 4 is 11.5 Å².